The fraction of sp³-hybridized carbons (Fsp3) is 0.0370. The van der Waals surface area contributed by atoms with Crippen molar-refractivity contribution in [2.24, 2.45) is 5.10 Å². The summed E-state index contributed by atoms with van der Waals surface area (Å²) in [5, 5.41) is 6.62. The molecule has 0 fully saturated rings. The zero-order valence-corrected chi connectivity index (χ0v) is 22.2. The predicted octanol–water partition coefficient (Wildman–Crippen LogP) is 9.05. The van der Waals surface area contributed by atoms with Gasteiger partial charge in [0.15, 0.2) is 5.16 Å². The van der Waals surface area contributed by atoms with Gasteiger partial charge < -0.3 is 4.42 Å². The first-order chi connectivity index (χ1) is 17.1. The first-order valence-corrected chi connectivity index (χ1v) is 13.2. The van der Waals surface area contributed by atoms with Crippen LogP contribution in [0, 0.1) is 0 Å². The smallest absolute Gasteiger partial charge is 0.189 e. The van der Waals surface area contributed by atoms with Crippen molar-refractivity contribution < 1.29 is 4.42 Å². The molecule has 0 amide bonds. The molecule has 0 atom stereocenters. The average molecular weight is 583 g/mol. The van der Waals surface area contributed by atoms with Gasteiger partial charge in [-0.25, -0.2) is 9.66 Å². The van der Waals surface area contributed by atoms with Crippen LogP contribution in [-0.2, 0) is 5.75 Å². The number of rotatable bonds is 7. The Kier molecular flexibility index (Phi) is 7.44. The number of hydrogen-bond acceptors (Lipinski definition) is 4. The second kappa shape index (κ2) is 10.9. The van der Waals surface area contributed by atoms with Crippen molar-refractivity contribution >= 4 is 57.1 Å². The molecule has 174 valence electrons. The Morgan fingerprint density at radius 2 is 1.63 bits per heavy atom. The van der Waals surface area contributed by atoms with Crippen molar-refractivity contribution in [1.29, 1.82) is 0 Å². The van der Waals surface area contributed by atoms with E-state index in [1.165, 1.54) is 11.8 Å². The minimum absolute atomic E-state index is 0.563. The van der Waals surface area contributed by atoms with Crippen molar-refractivity contribution in [2.45, 2.75) is 10.9 Å². The summed E-state index contributed by atoms with van der Waals surface area (Å²) in [6.07, 6.45) is 3.59. The molecule has 0 N–H and O–H groups in total. The first kappa shape index (κ1) is 23.9. The maximum absolute atomic E-state index is 6.37. The van der Waals surface area contributed by atoms with E-state index in [9.17, 15) is 0 Å². The molecule has 8 heteroatoms. The molecule has 0 aliphatic rings. The van der Waals surface area contributed by atoms with Gasteiger partial charge in [0.2, 0.25) is 0 Å². The maximum Gasteiger partial charge on any atom is 0.189 e. The number of benzene rings is 3. The normalized spacial score (nSPS) is 11.4. The molecule has 0 saturated carbocycles. The highest BCUT2D eigenvalue weighted by molar-refractivity contribution is 9.10. The highest BCUT2D eigenvalue weighted by Gasteiger charge is 2.13. The molecule has 0 unspecified atom stereocenters. The topological polar surface area (TPSA) is 43.3 Å². The lowest BCUT2D eigenvalue weighted by molar-refractivity contribution is 0.573. The van der Waals surface area contributed by atoms with E-state index >= 15 is 0 Å². The zero-order chi connectivity index (χ0) is 24.2. The van der Waals surface area contributed by atoms with Gasteiger partial charge in [0, 0.05) is 31.4 Å². The monoisotopic (exact) mass is 581 g/mol. The van der Waals surface area contributed by atoms with E-state index in [-0.39, 0.29) is 0 Å². The van der Waals surface area contributed by atoms with Gasteiger partial charge in [-0.3, -0.25) is 0 Å². The molecular formula is C27H18BrCl2N3OS. The summed E-state index contributed by atoms with van der Waals surface area (Å²) in [5.41, 5.74) is 3.70. The molecule has 0 aliphatic carbocycles. The van der Waals surface area contributed by atoms with Crippen molar-refractivity contribution in [2.75, 3.05) is 0 Å². The van der Waals surface area contributed by atoms with Crippen LogP contribution in [0.1, 0.15) is 11.3 Å². The number of halogens is 3. The Morgan fingerprint density at radius 1 is 0.886 bits per heavy atom. The summed E-state index contributed by atoms with van der Waals surface area (Å²) in [6.45, 7) is 0. The number of imidazole rings is 1. The van der Waals surface area contributed by atoms with E-state index in [1.54, 1.807) is 10.9 Å². The van der Waals surface area contributed by atoms with Gasteiger partial charge in [-0.1, -0.05) is 99.4 Å². The summed E-state index contributed by atoms with van der Waals surface area (Å²) >= 11 is 17.7. The van der Waals surface area contributed by atoms with Crippen LogP contribution < -0.4 is 0 Å². The molecule has 4 nitrogen and oxygen atoms in total. The first-order valence-electron chi connectivity index (χ1n) is 10.7. The van der Waals surface area contributed by atoms with Crippen molar-refractivity contribution in [3.8, 4) is 22.6 Å². The number of aromatic nitrogens is 2. The second-order valence-corrected chi connectivity index (χ2v) is 10.2. The molecule has 0 spiro atoms. The van der Waals surface area contributed by atoms with Gasteiger partial charge >= 0.3 is 0 Å². The van der Waals surface area contributed by atoms with E-state index < -0.39 is 0 Å². The molecule has 0 bridgehead atoms. The van der Waals surface area contributed by atoms with Gasteiger partial charge in [-0.05, 0) is 42.0 Å². The van der Waals surface area contributed by atoms with Crippen LogP contribution in [0.4, 0.5) is 0 Å². The molecule has 5 rings (SSSR count). The molecule has 2 heterocycles. The molecule has 3 aromatic carbocycles. The lowest BCUT2D eigenvalue weighted by atomic mass is 10.2. The van der Waals surface area contributed by atoms with Gasteiger partial charge in [0.1, 0.15) is 11.5 Å². The van der Waals surface area contributed by atoms with E-state index in [4.69, 9.17) is 32.6 Å². The summed E-state index contributed by atoms with van der Waals surface area (Å²) < 4.78 is 8.75. The standard InChI is InChI=1S/C27H18BrCl2N3OS/c28-20-11-9-19(10-12-20)26-14-13-21(34-26)15-31-33-16-25(18-5-2-1-3-6-18)32-27(33)35-17-22-23(29)7-4-8-24(22)30/h1-16H,17H2/b31-15-. The Morgan fingerprint density at radius 3 is 2.37 bits per heavy atom. The van der Waals surface area contributed by atoms with Crippen molar-refractivity contribution in [3.63, 3.8) is 0 Å². The molecular weight excluding hydrogens is 565 g/mol. The molecule has 2 aromatic heterocycles. The van der Waals surface area contributed by atoms with E-state index in [1.807, 2.05) is 91.1 Å². The van der Waals surface area contributed by atoms with Crippen molar-refractivity contribution in [3.05, 3.63) is 117 Å². The Labute approximate surface area is 225 Å². The maximum atomic E-state index is 6.37. The summed E-state index contributed by atoms with van der Waals surface area (Å²) in [6, 6.07) is 27.3. The Bertz CT molecular complexity index is 1460. The predicted molar refractivity (Wildman–Crippen MR) is 149 cm³/mol. The summed E-state index contributed by atoms with van der Waals surface area (Å²) in [4.78, 5) is 4.82. The number of furan rings is 1. The lowest BCUT2D eigenvalue weighted by Crippen LogP contribution is -1.93. The Hall–Kier alpha value is -2.77. The third-order valence-corrected chi connectivity index (χ3v) is 7.40. The third kappa shape index (κ3) is 5.73. The van der Waals surface area contributed by atoms with Crippen LogP contribution in [0.25, 0.3) is 22.6 Å². The highest BCUT2D eigenvalue weighted by Crippen LogP contribution is 2.32. The van der Waals surface area contributed by atoms with E-state index in [0.717, 1.165) is 37.8 Å². The fourth-order valence-corrected chi connectivity index (χ4v) is 5.33. The van der Waals surface area contributed by atoms with Gasteiger partial charge in [-0.2, -0.15) is 5.10 Å². The molecule has 0 radical (unpaired) electrons. The van der Waals surface area contributed by atoms with Gasteiger partial charge in [0.05, 0.1) is 18.1 Å². The summed E-state index contributed by atoms with van der Waals surface area (Å²) in [7, 11) is 0. The minimum Gasteiger partial charge on any atom is -0.455 e. The van der Waals surface area contributed by atoms with Gasteiger partial charge in [-0.15, -0.1) is 0 Å². The van der Waals surface area contributed by atoms with E-state index in [0.29, 0.717) is 21.6 Å². The van der Waals surface area contributed by atoms with Crippen LogP contribution >= 0.6 is 50.9 Å². The molecule has 0 saturated heterocycles. The number of nitrogens with zero attached hydrogens (tertiary/aromatic N) is 3. The zero-order valence-electron chi connectivity index (χ0n) is 18.2. The van der Waals surface area contributed by atoms with E-state index in [2.05, 4.69) is 21.0 Å². The molecule has 35 heavy (non-hydrogen) atoms. The van der Waals surface area contributed by atoms with Crippen LogP contribution in [0.5, 0.6) is 0 Å². The number of hydrogen-bond donors (Lipinski definition) is 0. The van der Waals surface area contributed by atoms with Crippen LogP contribution in [0.2, 0.25) is 10.0 Å². The van der Waals surface area contributed by atoms with Crippen molar-refractivity contribution in [1.82, 2.24) is 9.66 Å². The van der Waals surface area contributed by atoms with Gasteiger partial charge in [0.25, 0.3) is 0 Å². The average Bonchev–Trinajstić information content (AvgIpc) is 3.51. The second-order valence-electron chi connectivity index (χ2n) is 7.56. The lowest BCUT2D eigenvalue weighted by Gasteiger charge is -2.06. The quantitative estimate of drug-likeness (QED) is 0.142. The van der Waals surface area contributed by atoms with Crippen LogP contribution in [0.3, 0.4) is 0 Å². The SMILES string of the molecule is Clc1cccc(Cl)c1CSc1nc(-c2ccccc2)cn1/N=C\c1ccc(-c2ccc(Br)cc2)o1. The molecule has 5 aromatic rings. The summed E-state index contributed by atoms with van der Waals surface area (Å²) in [5.74, 6) is 1.98. The fourth-order valence-electron chi connectivity index (χ4n) is 3.40. The van der Waals surface area contributed by atoms with Crippen LogP contribution in [0.15, 0.2) is 110 Å². The molecule has 0 aliphatic heterocycles. The van der Waals surface area contributed by atoms with Crippen LogP contribution in [-0.4, -0.2) is 15.9 Å². The number of thioether (sulfide) groups is 1. The third-order valence-electron chi connectivity index (χ3n) is 5.20. The largest absolute Gasteiger partial charge is 0.455 e. The minimum atomic E-state index is 0.563. The Balaban J connectivity index is 1.42. The highest BCUT2D eigenvalue weighted by atomic mass is 79.9.